The minimum atomic E-state index is 0.0805. The van der Waals surface area contributed by atoms with Gasteiger partial charge in [-0.25, -0.2) is 0 Å². The molecule has 0 aliphatic carbocycles. The van der Waals surface area contributed by atoms with E-state index in [1.807, 2.05) is 16.8 Å². The number of methoxy groups -OCH3 is 1. The topological polar surface area (TPSA) is 61.2 Å². The van der Waals surface area contributed by atoms with Gasteiger partial charge in [0.2, 0.25) is 0 Å². The maximum atomic E-state index is 6.39. The van der Waals surface area contributed by atoms with Crippen LogP contribution in [0.2, 0.25) is 0 Å². The quantitative estimate of drug-likeness (QED) is 0.440. The number of nitrogens with one attached hydrogen (secondary N) is 1. The van der Waals surface area contributed by atoms with Crippen molar-refractivity contribution in [1.82, 2.24) is 20.3 Å². The van der Waals surface area contributed by atoms with Gasteiger partial charge in [0.1, 0.15) is 5.75 Å². The maximum absolute atomic E-state index is 6.39. The molecule has 1 saturated heterocycles. The molecular weight excluding hydrogens is 412 g/mol. The molecule has 33 heavy (non-hydrogen) atoms. The van der Waals surface area contributed by atoms with Gasteiger partial charge in [-0.05, 0) is 59.5 Å². The first kappa shape index (κ1) is 21.6. The normalized spacial score (nSPS) is 18.5. The lowest BCUT2D eigenvalue weighted by molar-refractivity contribution is 0.00969. The fourth-order valence-corrected chi connectivity index (χ4v) is 4.50. The van der Waals surface area contributed by atoms with Gasteiger partial charge in [0, 0.05) is 25.2 Å². The van der Waals surface area contributed by atoms with Gasteiger partial charge < -0.3 is 14.8 Å². The summed E-state index contributed by atoms with van der Waals surface area (Å²) in [4.78, 5) is 0. The number of hydrogen-bond acceptors (Lipinski definition) is 5. The van der Waals surface area contributed by atoms with Crippen molar-refractivity contribution < 1.29 is 9.47 Å². The van der Waals surface area contributed by atoms with Crippen LogP contribution in [-0.2, 0) is 24.3 Å². The van der Waals surface area contributed by atoms with Crippen LogP contribution in [-0.4, -0.2) is 41.3 Å². The molecule has 2 atom stereocenters. The molecular formula is C27H30N4O2. The molecule has 1 aliphatic heterocycles. The maximum Gasteiger partial charge on any atom is 0.118 e. The van der Waals surface area contributed by atoms with E-state index in [-0.39, 0.29) is 12.0 Å². The van der Waals surface area contributed by atoms with Crippen molar-refractivity contribution in [3.63, 3.8) is 0 Å². The van der Waals surface area contributed by atoms with Crippen LogP contribution in [0.4, 0.5) is 0 Å². The highest BCUT2D eigenvalue weighted by atomic mass is 16.5. The molecule has 6 heteroatoms. The van der Waals surface area contributed by atoms with E-state index in [4.69, 9.17) is 9.47 Å². The summed E-state index contributed by atoms with van der Waals surface area (Å²) in [7, 11) is 1.69. The summed E-state index contributed by atoms with van der Waals surface area (Å²) in [5, 5.41) is 14.9. The highest BCUT2D eigenvalue weighted by molar-refractivity contribution is 5.82. The Bertz CT molecular complexity index is 1190. The van der Waals surface area contributed by atoms with E-state index < -0.39 is 0 Å². The molecule has 6 nitrogen and oxygen atoms in total. The van der Waals surface area contributed by atoms with Crippen molar-refractivity contribution in [1.29, 1.82) is 0 Å². The first-order valence-electron chi connectivity index (χ1n) is 11.6. The van der Waals surface area contributed by atoms with Gasteiger partial charge in [-0.2, -0.15) is 0 Å². The smallest absolute Gasteiger partial charge is 0.118 e. The molecule has 0 bridgehead atoms. The first-order chi connectivity index (χ1) is 16.3. The summed E-state index contributed by atoms with van der Waals surface area (Å²) in [6.07, 6.45) is 4.07. The lowest BCUT2D eigenvalue weighted by Gasteiger charge is -2.30. The number of hydrogen-bond donors (Lipinski definition) is 1. The van der Waals surface area contributed by atoms with E-state index in [1.165, 1.54) is 21.9 Å². The van der Waals surface area contributed by atoms with Crippen LogP contribution in [0, 0.1) is 0 Å². The van der Waals surface area contributed by atoms with Crippen molar-refractivity contribution >= 4 is 10.8 Å². The molecule has 0 spiro atoms. The van der Waals surface area contributed by atoms with Crippen molar-refractivity contribution in [3.05, 3.63) is 89.7 Å². The molecule has 0 radical (unpaired) electrons. The lowest BCUT2D eigenvalue weighted by Crippen LogP contribution is -2.41. The second-order valence-electron chi connectivity index (χ2n) is 8.63. The predicted octanol–water partition coefficient (Wildman–Crippen LogP) is 4.34. The molecule has 1 aromatic heterocycles. The van der Waals surface area contributed by atoms with Gasteiger partial charge in [-0.15, -0.1) is 5.10 Å². The SMILES string of the molecule is COc1ccc(CCn2cc(C3CCNCC3OCc3ccc4ccccc4c3)nn2)cc1. The Morgan fingerprint density at radius 1 is 1.00 bits per heavy atom. The average Bonchev–Trinajstić information content (AvgIpc) is 3.35. The third-order valence-electron chi connectivity index (χ3n) is 6.43. The molecule has 1 N–H and O–H groups in total. The highest BCUT2D eigenvalue weighted by Crippen LogP contribution is 2.27. The van der Waals surface area contributed by atoms with Gasteiger partial charge in [0.15, 0.2) is 0 Å². The van der Waals surface area contributed by atoms with E-state index in [2.05, 4.69) is 76.4 Å². The summed E-state index contributed by atoms with van der Waals surface area (Å²) in [6, 6.07) is 23.2. The molecule has 2 unspecified atom stereocenters. The van der Waals surface area contributed by atoms with E-state index in [1.54, 1.807) is 7.11 Å². The molecule has 1 aliphatic rings. The third-order valence-corrected chi connectivity index (χ3v) is 6.43. The van der Waals surface area contributed by atoms with Crippen molar-refractivity contribution in [2.45, 2.75) is 38.0 Å². The average molecular weight is 443 g/mol. The summed E-state index contributed by atoms with van der Waals surface area (Å²) >= 11 is 0. The fourth-order valence-electron chi connectivity index (χ4n) is 4.50. The summed E-state index contributed by atoms with van der Waals surface area (Å²) in [5.41, 5.74) is 3.47. The number of nitrogens with zero attached hydrogens (tertiary/aromatic N) is 3. The van der Waals surface area contributed by atoms with E-state index in [0.29, 0.717) is 6.61 Å². The second-order valence-corrected chi connectivity index (χ2v) is 8.63. The molecule has 0 amide bonds. The van der Waals surface area contributed by atoms with Gasteiger partial charge in [0.25, 0.3) is 0 Å². The molecule has 3 aromatic carbocycles. The zero-order valence-electron chi connectivity index (χ0n) is 19.0. The second kappa shape index (κ2) is 10.1. The zero-order chi connectivity index (χ0) is 22.5. The molecule has 170 valence electrons. The first-order valence-corrected chi connectivity index (χ1v) is 11.6. The Kier molecular flexibility index (Phi) is 6.65. The summed E-state index contributed by atoms with van der Waals surface area (Å²) in [5.74, 6) is 1.13. The molecule has 0 saturated carbocycles. The van der Waals surface area contributed by atoms with Crippen LogP contribution in [0.15, 0.2) is 72.9 Å². The third kappa shape index (κ3) is 5.24. The monoisotopic (exact) mass is 442 g/mol. The zero-order valence-corrected chi connectivity index (χ0v) is 19.0. The molecule has 4 aromatic rings. The van der Waals surface area contributed by atoms with Crippen molar-refractivity contribution in [3.8, 4) is 5.75 Å². The number of rotatable bonds is 8. The van der Waals surface area contributed by atoms with Gasteiger partial charge >= 0.3 is 0 Å². The Morgan fingerprint density at radius 2 is 1.82 bits per heavy atom. The number of piperidine rings is 1. The van der Waals surface area contributed by atoms with Crippen LogP contribution in [0.5, 0.6) is 5.75 Å². The van der Waals surface area contributed by atoms with Crippen LogP contribution in [0.3, 0.4) is 0 Å². The molecule has 2 heterocycles. The highest BCUT2D eigenvalue weighted by Gasteiger charge is 2.29. The molecule has 5 rings (SSSR count). The molecule has 1 fully saturated rings. The number of aromatic nitrogens is 3. The van der Waals surface area contributed by atoms with E-state index in [9.17, 15) is 0 Å². The Balaban J connectivity index is 1.21. The Hall–Kier alpha value is -3.22. The van der Waals surface area contributed by atoms with E-state index >= 15 is 0 Å². The number of fused-ring (bicyclic) bond motifs is 1. The Morgan fingerprint density at radius 3 is 2.67 bits per heavy atom. The van der Waals surface area contributed by atoms with Gasteiger partial charge in [-0.1, -0.05) is 53.7 Å². The van der Waals surface area contributed by atoms with E-state index in [0.717, 1.165) is 43.9 Å². The summed E-state index contributed by atoms with van der Waals surface area (Å²) < 4.78 is 13.6. The van der Waals surface area contributed by atoms with Crippen LogP contribution in [0.25, 0.3) is 10.8 Å². The number of aryl methyl sites for hydroxylation is 2. The van der Waals surface area contributed by atoms with Gasteiger partial charge in [-0.3, -0.25) is 4.68 Å². The van der Waals surface area contributed by atoms with Crippen LogP contribution < -0.4 is 10.1 Å². The predicted molar refractivity (Wildman–Crippen MR) is 129 cm³/mol. The Labute approximate surface area is 194 Å². The van der Waals surface area contributed by atoms with Crippen LogP contribution in [0.1, 0.15) is 29.2 Å². The van der Waals surface area contributed by atoms with Crippen LogP contribution >= 0.6 is 0 Å². The minimum Gasteiger partial charge on any atom is -0.497 e. The standard InChI is InChI=1S/C27H30N4O2/c1-32-24-10-7-20(8-11-24)13-15-31-18-26(29-30-31)25-12-14-28-17-27(25)33-19-21-6-9-22-4-2-3-5-23(22)16-21/h2-11,16,18,25,27-28H,12-15,17,19H2,1H3. The minimum absolute atomic E-state index is 0.0805. The largest absolute Gasteiger partial charge is 0.497 e. The summed E-state index contributed by atoms with van der Waals surface area (Å²) in [6.45, 7) is 3.20. The fraction of sp³-hybridized carbons (Fsp3) is 0.333. The number of ether oxygens (including phenoxy) is 2. The van der Waals surface area contributed by atoms with Crippen molar-refractivity contribution in [2.24, 2.45) is 0 Å². The van der Waals surface area contributed by atoms with Gasteiger partial charge in [0.05, 0.1) is 25.5 Å². The van der Waals surface area contributed by atoms with Crippen molar-refractivity contribution in [2.75, 3.05) is 20.2 Å². The number of benzene rings is 3. The lowest BCUT2D eigenvalue weighted by atomic mass is 9.92.